The van der Waals surface area contributed by atoms with Crippen LogP contribution in [0, 0.1) is 0 Å². The number of nitrogens with one attached hydrogen (secondary N) is 3. The fourth-order valence-corrected chi connectivity index (χ4v) is 4.97. The molecule has 0 fully saturated rings. The number of ketones is 1. The quantitative estimate of drug-likeness (QED) is 0.0577. The maximum atomic E-state index is 12.3. The zero-order chi connectivity index (χ0) is 37.8. The van der Waals surface area contributed by atoms with Crippen LogP contribution in [0.15, 0.2) is 0 Å². The lowest BCUT2D eigenvalue weighted by molar-refractivity contribution is -0.142. The van der Waals surface area contributed by atoms with Gasteiger partial charge in [0.2, 0.25) is 17.7 Å². The number of ether oxygens (including phenoxy) is 4. The minimum absolute atomic E-state index is 0.0157. The number of rotatable bonds is 38. The molecule has 51 heavy (non-hydrogen) atoms. The van der Waals surface area contributed by atoms with Crippen molar-refractivity contribution < 1.29 is 57.9 Å². The second-order valence-electron chi connectivity index (χ2n) is 12.6. The van der Waals surface area contributed by atoms with Crippen molar-refractivity contribution in [3.63, 3.8) is 0 Å². The molecule has 0 radical (unpaired) electrons. The van der Waals surface area contributed by atoms with Gasteiger partial charge in [0.15, 0.2) is 5.78 Å². The summed E-state index contributed by atoms with van der Waals surface area (Å²) in [5.74, 6) is -2.91. The van der Waals surface area contributed by atoms with Gasteiger partial charge >= 0.3 is 11.9 Å². The van der Waals surface area contributed by atoms with E-state index >= 15 is 0 Å². The first kappa shape index (κ1) is 47.9. The molecular formula is C36H65N3O12. The smallest absolute Gasteiger partial charge is 0.326 e. The molecule has 0 aliphatic carbocycles. The van der Waals surface area contributed by atoms with Crippen molar-refractivity contribution in [2.24, 2.45) is 0 Å². The molecule has 3 amide bonds. The van der Waals surface area contributed by atoms with E-state index in [4.69, 9.17) is 24.1 Å². The van der Waals surface area contributed by atoms with Crippen molar-refractivity contribution in [3.8, 4) is 0 Å². The van der Waals surface area contributed by atoms with Crippen LogP contribution in [0.2, 0.25) is 0 Å². The predicted octanol–water partition coefficient (Wildman–Crippen LogP) is 3.55. The zero-order valence-electron chi connectivity index (χ0n) is 30.9. The molecule has 15 heteroatoms. The van der Waals surface area contributed by atoms with E-state index in [2.05, 4.69) is 16.0 Å². The van der Waals surface area contributed by atoms with Gasteiger partial charge in [-0.1, -0.05) is 77.0 Å². The molecule has 5 N–H and O–H groups in total. The largest absolute Gasteiger partial charge is 0.481 e. The molecule has 1 atom stereocenters. The highest BCUT2D eigenvalue weighted by Crippen LogP contribution is 2.14. The Morgan fingerprint density at radius 2 is 0.922 bits per heavy atom. The van der Waals surface area contributed by atoms with Gasteiger partial charge in [-0.25, -0.2) is 4.79 Å². The monoisotopic (exact) mass is 731 g/mol. The molecule has 0 aromatic carbocycles. The van der Waals surface area contributed by atoms with Crippen LogP contribution >= 0.6 is 0 Å². The summed E-state index contributed by atoms with van der Waals surface area (Å²) >= 11 is 0. The molecule has 0 saturated carbocycles. The number of hydrogen-bond donors (Lipinski definition) is 5. The molecule has 0 unspecified atom stereocenters. The number of carbonyl (C=O) groups is 6. The molecule has 0 aromatic rings. The topological polar surface area (TPSA) is 216 Å². The van der Waals surface area contributed by atoms with E-state index in [1.165, 1.54) is 51.9 Å². The van der Waals surface area contributed by atoms with Crippen LogP contribution in [0.1, 0.15) is 122 Å². The van der Waals surface area contributed by atoms with Crippen LogP contribution in [-0.4, -0.2) is 118 Å². The third kappa shape index (κ3) is 36.5. The van der Waals surface area contributed by atoms with E-state index in [9.17, 15) is 33.9 Å². The number of amides is 3. The van der Waals surface area contributed by atoms with Crippen LogP contribution in [0.25, 0.3) is 0 Å². The minimum atomic E-state index is -1.18. The summed E-state index contributed by atoms with van der Waals surface area (Å²) in [5.41, 5.74) is 0. The van der Waals surface area contributed by atoms with Gasteiger partial charge in [0, 0.05) is 32.4 Å². The first-order valence-electron chi connectivity index (χ1n) is 18.7. The molecule has 0 bridgehead atoms. The molecule has 0 rings (SSSR count). The van der Waals surface area contributed by atoms with E-state index < -0.39 is 18.0 Å². The Morgan fingerprint density at radius 3 is 1.39 bits per heavy atom. The number of carboxylic acids is 2. The van der Waals surface area contributed by atoms with Crippen molar-refractivity contribution in [2.75, 3.05) is 65.9 Å². The summed E-state index contributed by atoms with van der Waals surface area (Å²) in [6, 6.07) is -1.13. The molecule has 0 saturated heterocycles. The lowest BCUT2D eigenvalue weighted by Gasteiger charge is -2.14. The van der Waals surface area contributed by atoms with E-state index in [0.717, 1.165) is 38.5 Å². The fourth-order valence-electron chi connectivity index (χ4n) is 4.97. The summed E-state index contributed by atoms with van der Waals surface area (Å²) in [4.78, 5) is 68.9. The minimum Gasteiger partial charge on any atom is -0.481 e. The fraction of sp³-hybridized carbons (Fsp3) is 0.833. The van der Waals surface area contributed by atoms with Crippen LogP contribution < -0.4 is 16.0 Å². The predicted molar refractivity (Wildman–Crippen MR) is 190 cm³/mol. The molecule has 0 aromatic heterocycles. The van der Waals surface area contributed by atoms with Gasteiger partial charge in [-0.05, 0) is 26.2 Å². The Bertz CT molecular complexity index is 950. The summed E-state index contributed by atoms with van der Waals surface area (Å²) in [6.07, 6.45) is 15.6. The van der Waals surface area contributed by atoms with Crippen LogP contribution in [-0.2, 0) is 47.7 Å². The maximum absolute atomic E-state index is 12.3. The average molecular weight is 732 g/mol. The van der Waals surface area contributed by atoms with Gasteiger partial charge in [0.05, 0.1) is 39.6 Å². The lowest BCUT2D eigenvalue weighted by Crippen LogP contribution is -2.41. The standard InChI is InChI=1S/C36H65N3O12/c1-30(40)28-50-26-24-49-23-21-38-34(43)29-51-27-25-48-22-20-37-32(41)19-18-31(36(46)47)39-33(42)16-14-12-10-8-6-4-2-3-5-7-9-11-13-15-17-35(44)45/h31H,2-29H2,1H3,(H,37,41)(H,38,43)(H,39,42)(H,44,45)(H,46,47)/t31-/m1/s1. The molecular weight excluding hydrogens is 666 g/mol. The Morgan fingerprint density at radius 1 is 0.490 bits per heavy atom. The first-order chi connectivity index (χ1) is 24.6. The van der Waals surface area contributed by atoms with Crippen LogP contribution in [0.3, 0.4) is 0 Å². The van der Waals surface area contributed by atoms with Crippen LogP contribution in [0.4, 0.5) is 0 Å². The Hall–Kier alpha value is -3.14. The van der Waals surface area contributed by atoms with Crippen molar-refractivity contribution in [1.82, 2.24) is 16.0 Å². The van der Waals surface area contributed by atoms with E-state index in [-0.39, 0.29) is 88.8 Å². The van der Waals surface area contributed by atoms with Gasteiger partial charge in [-0.15, -0.1) is 0 Å². The van der Waals surface area contributed by atoms with Crippen molar-refractivity contribution in [2.45, 2.75) is 129 Å². The molecule has 0 aliphatic rings. The Kier molecular flexibility index (Phi) is 33.1. The van der Waals surface area contributed by atoms with Crippen LogP contribution in [0.5, 0.6) is 0 Å². The van der Waals surface area contributed by atoms with E-state index in [1.54, 1.807) is 0 Å². The first-order valence-corrected chi connectivity index (χ1v) is 18.7. The SMILES string of the molecule is CC(=O)COCCOCCNC(=O)COCCOCCNC(=O)CC[C@@H](NC(=O)CCCCCCCCCCCCCCCCC(=O)O)C(=O)O. The van der Waals surface area contributed by atoms with E-state index in [1.807, 2.05) is 0 Å². The third-order valence-corrected chi connectivity index (χ3v) is 7.76. The second kappa shape index (κ2) is 35.3. The summed E-state index contributed by atoms with van der Waals surface area (Å²) in [5, 5.41) is 25.9. The number of hydrogen-bond acceptors (Lipinski definition) is 10. The average Bonchev–Trinajstić information content (AvgIpc) is 3.08. The van der Waals surface area contributed by atoms with Crippen molar-refractivity contribution >= 4 is 35.4 Å². The maximum Gasteiger partial charge on any atom is 0.326 e. The normalized spacial score (nSPS) is 11.5. The highest BCUT2D eigenvalue weighted by molar-refractivity contribution is 5.84. The summed E-state index contributed by atoms with van der Waals surface area (Å²) in [7, 11) is 0. The number of carboxylic acid groups (broad SMARTS) is 2. The van der Waals surface area contributed by atoms with Gasteiger partial charge < -0.3 is 45.1 Å². The molecule has 0 aliphatic heterocycles. The molecule has 0 heterocycles. The Balaban J connectivity index is 3.66. The highest BCUT2D eigenvalue weighted by atomic mass is 16.5. The van der Waals surface area contributed by atoms with Crippen molar-refractivity contribution in [3.05, 3.63) is 0 Å². The molecule has 296 valence electrons. The summed E-state index contributed by atoms with van der Waals surface area (Å²) < 4.78 is 20.9. The van der Waals surface area contributed by atoms with Gasteiger partial charge in [-0.3, -0.25) is 24.0 Å². The number of unbranched alkanes of at least 4 members (excludes halogenated alkanes) is 13. The second-order valence-corrected chi connectivity index (χ2v) is 12.6. The number of Topliss-reactive ketones (excluding diaryl/α,β-unsaturated/α-hetero) is 1. The van der Waals surface area contributed by atoms with Gasteiger partial charge in [0.1, 0.15) is 19.3 Å². The third-order valence-electron chi connectivity index (χ3n) is 7.76. The molecule has 0 spiro atoms. The molecule has 15 nitrogen and oxygen atoms in total. The number of carbonyl (C=O) groups excluding carboxylic acids is 4. The zero-order valence-corrected chi connectivity index (χ0v) is 30.9. The lowest BCUT2D eigenvalue weighted by atomic mass is 10.0. The van der Waals surface area contributed by atoms with E-state index in [0.29, 0.717) is 32.8 Å². The highest BCUT2D eigenvalue weighted by Gasteiger charge is 2.20. The van der Waals surface area contributed by atoms with Gasteiger partial charge in [-0.2, -0.15) is 0 Å². The summed E-state index contributed by atoms with van der Waals surface area (Å²) in [6.45, 7) is 3.47. The number of aliphatic carboxylic acids is 2. The van der Waals surface area contributed by atoms with Crippen molar-refractivity contribution in [1.29, 1.82) is 0 Å². The Labute approximate surface area is 303 Å². The van der Waals surface area contributed by atoms with Gasteiger partial charge in [0.25, 0.3) is 0 Å².